The monoisotopic (exact) mass is 454 g/mol. The van der Waals surface area contributed by atoms with E-state index in [4.69, 9.17) is 5.73 Å². The van der Waals surface area contributed by atoms with E-state index in [1.165, 1.54) is 11.1 Å². The van der Waals surface area contributed by atoms with E-state index in [0.717, 1.165) is 23.5 Å². The maximum atomic E-state index is 12.6. The van der Waals surface area contributed by atoms with Gasteiger partial charge >= 0.3 is 0 Å². The second kappa shape index (κ2) is 12.8. The number of hydrogen-bond acceptors (Lipinski definition) is 4. The number of halogens is 2. The van der Waals surface area contributed by atoms with Crippen LogP contribution in [0.4, 0.5) is 0 Å². The lowest BCUT2D eigenvalue weighted by molar-refractivity contribution is -0.128. The van der Waals surface area contributed by atoms with Crippen LogP contribution >= 0.6 is 36.6 Å². The highest BCUT2D eigenvalue weighted by molar-refractivity contribution is 7.99. The summed E-state index contributed by atoms with van der Waals surface area (Å²) < 4.78 is 2.04. The number of nitrogens with zero attached hydrogens (tertiary/aromatic N) is 3. The number of amides is 1. The maximum absolute atomic E-state index is 12.6. The summed E-state index contributed by atoms with van der Waals surface area (Å²) in [7, 11) is 0. The molecule has 0 bridgehead atoms. The topological polar surface area (TPSA) is 63.6 Å². The molecule has 8 heteroatoms. The maximum Gasteiger partial charge on any atom is 0.232 e. The Labute approximate surface area is 188 Å². The summed E-state index contributed by atoms with van der Waals surface area (Å²) in [6.07, 6.45) is 4.95. The number of benzene rings is 1. The van der Waals surface area contributed by atoms with Gasteiger partial charge in [-0.25, -0.2) is 4.98 Å². The van der Waals surface area contributed by atoms with Crippen molar-refractivity contribution < 1.29 is 4.79 Å². The highest BCUT2D eigenvalue weighted by Gasteiger charge is 2.13. The second-order valence-corrected chi connectivity index (χ2v) is 7.59. The second-order valence-electron chi connectivity index (χ2n) is 6.60. The van der Waals surface area contributed by atoms with Crippen LogP contribution in [0.2, 0.25) is 0 Å². The largest absolute Gasteiger partial charge is 0.340 e. The van der Waals surface area contributed by atoms with E-state index < -0.39 is 0 Å². The molecule has 1 aromatic carbocycles. The van der Waals surface area contributed by atoms with Gasteiger partial charge in [-0.2, -0.15) is 0 Å². The van der Waals surface area contributed by atoms with E-state index in [1.54, 1.807) is 11.8 Å². The number of hydrogen-bond donors (Lipinski definition) is 1. The molecule has 1 amide bonds. The minimum atomic E-state index is 0. The van der Waals surface area contributed by atoms with E-state index in [1.807, 2.05) is 39.8 Å². The molecule has 2 aromatic heterocycles. The van der Waals surface area contributed by atoms with Gasteiger partial charge in [0.1, 0.15) is 5.65 Å². The molecule has 0 atom stereocenters. The molecule has 3 rings (SSSR count). The third kappa shape index (κ3) is 7.55. The highest BCUT2D eigenvalue weighted by Crippen LogP contribution is 2.14. The van der Waals surface area contributed by atoms with Crippen LogP contribution in [0.5, 0.6) is 0 Å². The van der Waals surface area contributed by atoms with Crippen molar-refractivity contribution in [1.82, 2.24) is 14.3 Å². The average Bonchev–Trinajstić information content (AvgIpc) is 3.07. The number of nitrogens with two attached hydrogens (primary N) is 1. The smallest absolute Gasteiger partial charge is 0.232 e. The normalized spacial score (nSPS) is 10.3. The quantitative estimate of drug-likeness (QED) is 0.534. The van der Waals surface area contributed by atoms with Crippen LogP contribution in [-0.4, -0.2) is 45.6 Å². The molecule has 5 nitrogen and oxygen atoms in total. The van der Waals surface area contributed by atoms with E-state index >= 15 is 0 Å². The number of aryl methyl sites for hydroxylation is 1. The zero-order valence-electron chi connectivity index (χ0n) is 16.5. The number of fused-ring (bicyclic) bond motifs is 1. The summed E-state index contributed by atoms with van der Waals surface area (Å²) >= 11 is 1.60. The number of thioether (sulfide) groups is 1. The number of imidazole rings is 1. The first-order valence-electron chi connectivity index (χ1n) is 9.19. The Bertz CT molecular complexity index is 889. The van der Waals surface area contributed by atoms with E-state index in [9.17, 15) is 4.79 Å². The molecule has 0 unspecified atom stereocenters. The average molecular weight is 455 g/mol. The van der Waals surface area contributed by atoms with Crippen molar-refractivity contribution in [2.75, 3.05) is 25.4 Å². The standard InChI is InChI=1S/C21H26N4OS.2ClH/c1-17-7-8-20-23-19(14-25(20)13-17)15-27-16-21(26)24(12-10-22)11-9-18-5-3-2-4-6-18;;/h2-8,13-14H,9-12,15-16,22H2,1H3;2*1H. The molecule has 0 spiro atoms. The third-order valence-corrected chi connectivity index (χ3v) is 5.34. The summed E-state index contributed by atoms with van der Waals surface area (Å²) in [6.45, 7) is 3.85. The SMILES string of the molecule is Cc1ccc2nc(CSCC(=O)N(CCN)CCc3ccccc3)cn2c1.Cl.Cl. The van der Waals surface area contributed by atoms with Gasteiger partial charge in [0, 0.05) is 37.8 Å². The Morgan fingerprint density at radius 1 is 1.10 bits per heavy atom. The fraction of sp³-hybridized carbons (Fsp3) is 0.333. The van der Waals surface area contributed by atoms with Crippen LogP contribution in [0.3, 0.4) is 0 Å². The van der Waals surface area contributed by atoms with Gasteiger partial charge in [-0.15, -0.1) is 36.6 Å². The number of carbonyl (C=O) groups excluding carboxylic acids is 1. The van der Waals surface area contributed by atoms with Gasteiger partial charge in [0.05, 0.1) is 11.4 Å². The van der Waals surface area contributed by atoms with Crippen LogP contribution < -0.4 is 5.73 Å². The van der Waals surface area contributed by atoms with Crippen LogP contribution in [0.1, 0.15) is 16.8 Å². The van der Waals surface area contributed by atoms with Gasteiger partial charge in [-0.1, -0.05) is 36.4 Å². The third-order valence-electron chi connectivity index (χ3n) is 4.39. The Balaban J connectivity index is 0.00000210. The lowest BCUT2D eigenvalue weighted by Crippen LogP contribution is -2.38. The van der Waals surface area contributed by atoms with Crippen LogP contribution in [0.25, 0.3) is 5.65 Å². The first-order valence-corrected chi connectivity index (χ1v) is 10.3. The Kier molecular flexibility index (Phi) is 11.1. The summed E-state index contributed by atoms with van der Waals surface area (Å²) in [5.74, 6) is 1.31. The Morgan fingerprint density at radius 2 is 1.86 bits per heavy atom. The van der Waals surface area contributed by atoms with Crippen LogP contribution in [0, 0.1) is 6.92 Å². The molecule has 2 N–H and O–H groups in total. The molecule has 29 heavy (non-hydrogen) atoms. The predicted octanol–water partition coefficient (Wildman–Crippen LogP) is 3.75. The molecule has 2 heterocycles. The lowest BCUT2D eigenvalue weighted by atomic mass is 10.1. The molecular weight excluding hydrogens is 427 g/mol. The number of pyridine rings is 1. The summed E-state index contributed by atoms with van der Waals surface area (Å²) in [6, 6.07) is 14.3. The van der Waals surface area contributed by atoms with Crippen molar-refractivity contribution >= 4 is 48.1 Å². The zero-order chi connectivity index (χ0) is 19.1. The van der Waals surface area contributed by atoms with E-state index in [0.29, 0.717) is 25.4 Å². The van der Waals surface area contributed by atoms with Gasteiger partial charge < -0.3 is 15.0 Å². The minimum absolute atomic E-state index is 0. The number of rotatable bonds is 9. The molecule has 0 saturated heterocycles. The molecule has 3 aromatic rings. The molecule has 0 aliphatic rings. The Hall–Kier alpha value is -1.73. The fourth-order valence-corrected chi connectivity index (χ4v) is 3.79. The molecule has 0 radical (unpaired) electrons. The van der Waals surface area contributed by atoms with Crippen molar-refractivity contribution in [2.45, 2.75) is 19.1 Å². The molecule has 0 fully saturated rings. The number of carbonyl (C=O) groups is 1. The minimum Gasteiger partial charge on any atom is -0.340 e. The predicted molar refractivity (Wildman–Crippen MR) is 126 cm³/mol. The molecule has 0 saturated carbocycles. The molecule has 158 valence electrons. The zero-order valence-corrected chi connectivity index (χ0v) is 18.9. The molecular formula is C21H28Cl2N4OS. The highest BCUT2D eigenvalue weighted by atomic mass is 35.5. The first-order chi connectivity index (χ1) is 13.2. The summed E-state index contributed by atoms with van der Waals surface area (Å²) in [5.41, 5.74) is 10.1. The van der Waals surface area contributed by atoms with Gasteiger partial charge in [-0.05, 0) is 30.5 Å². The van der Waals surface area contributed by atoms with Crippen LogP contribution in [0.15, 0.2) is 54.9 Å². The van der Waals surface area contributed by atoms with Crippen molar-refractivity contribution in [1.29, 1.82) is 0 Å². The summed E-state index contributed by atoms with van der Waals surface area (Å²) in [4.78, 5) is 19.1. The van der Waals surface area contributed by atoms with Gasteiger partial charge in [0.15, 0.2) is 0 Å². The van der Waals surface area contributed by atoms with E-state index in [2.05, 4.69) is 36.3 Å². The van der Waals surface area contributed by atoms with Gasteiger partial charge in [0.2, 0.25) is 5.91 Å². The van der Waals surface area contributed by atoms with Crippen molar-refractivity contribution in [2.24, 2.45) is 5.73 Å². The van der Waals surface area contributed by atoms with Crippen LogP contribution in [-0.2, 0) is 17.0 Å². The van der Waals surface area contributed by atoms with Crippen molar-refractivity contribution in [3.8, 4) is 0 Å². The van der Waals surface area contributed by atoms with Crippen molar-refractivity contribution in [3.05, 3.63) is 71.7 Å². The van der Waals surface area contributed by atoms with E-state index in [-0.39, 0.29) is 30.7 Å². The first kappa shape index (κ1) is 25.3. The number of aromatic nitrogens is 2. The lowest BCUT2D eigenvalue weighted by Gasteiger charge is -2.22. The Morgan fingerprint density at radius 3 is 2.59 bits per heavy atom. The molecule has 0 aliphatic heterocycles. The molecule has 0 aliphatic carbocycles. The van der Waals surface area contributed by atoms with Gasteiger partial charge in [0.25, 0.3) is 0 Å². The van der Waals surface area contributed by atoms with Crippen molar-refractivity contribution in [3.63, 3.8) is 0 Å². The van der Waals surface area contributed by atoms with Gasteiger partial charge in [-0.3, -0.25) is 4.79 Å². The summed E-state index contributed by atoms with van der Waals surface area (Å²) in [5, 5.41) is 0. The fourth-order valence-electron chi connectivity index (χ4n) is 2.99.